The number of hydrogen-bond acceptors (Lipinski definition) is 3. The molecule has 2 aliphatic heterocycles. The van der Waals surface area contributed by atoms with Gasteiger partial charge in [0.1, 0.15) is 6.10 Å². The molecule has 13 heavy (non-hydrogen) atoms. The van der Waals surface area contributed by atoms with Gasteiger partial charge in [-0.3, -0.25) is 0 Å². The van der Waals surface area contributed by atoms with Gasteiger partial charge in [0.15, 0.2) is 5.79 Å². The zero-order valence-corrected chi connectivity index (χ0v) is 8.76. The van der Waals surface area contributed by atoms with E-state index in [9.17, 15) is 0 Å². The normalized spacial score (nSPS) is 50.3. The van der Waals surface area contributed by atoms with E-state index >= 15 is 0 Å². The molecule has 1 saturated carbocycles. The van der Waals surface area contributed by atoms with E-state index in [0.717, 1.165) is 6.54 Å². The standard InChI is InChI=1S/C9H15NO2.ClH/c1-9(2)11-7-5-3-6(10-4-5)8(7)12-9;/h5-8,10H,3-4H2,1-2H3;1H/t5-,6-,7-,8+;/m1./s1. The molecule has 2 bridgehead atoms. The Balaban J connectivity index is 0.000000653. The third-order valence-corrected chi connectivity index (χ3v) is 3.22. The number of piperidine rings is 1. The van der Waals surface area contributed by atoms with E-state index in [-0.39, 0.29) is 18.2 Å². The molecule has 0 amide bonds. The first-order valence-corrected chi connectivity index (χ1v) is 4.75. The predicted octanol–water partition coefficient (Wildman–Crippen LogP) is 0.920. The number of hydrogen-bond donors (Lipinski definition) is 1. The van der Waals surface area contributed by atoms with Gasteiger partial charge >= 0.3 is 0 Å². The van der Waals surface area contributed by atoms with Crippen molar-refractivity contribution < 1.29 is 9.47 Å². The van der Waals surface area contributed by atoms with E-state index in [1.54, 1.807) is 0 Å². The third-order valence-electron chi connectivity index (χ3n) is 3.22. The Hall–Kier alpha value is 0.170. The fourth-order valence-electron chi connectivity index (χ4n) is 2.79. The van der Waals surface area contributed by atoms with Crippen LogP contribution < -0.4 is 5.32 Å². The highest BCUT2D eigenvalue weighted by atomic mass is 35.5. The lowest BCUT2D eigenvalue weighted by atomic mass is 10.1. The molecule has 3 nitrogen and oxygen atoms in total. The molecular formula is C9H16ClNO2. The maximum absolute atomic E-state index is 5.84. The average molecular weight is 206 g/mol. The topological polar surface area (TPSA) is 30.5 Å². The number of halogens is 1. The summed E-state index contributed by atoms with van der Waals surface area (Å²) >= 11 is 0. The first-order valence-electron chi connectivity index (χ1n) is 4.75. The summed E-state index contributed by atoms with van der Waals surface area (Å²) in [5, 5.41) is 3.46. The molecule has 2 heterocycles. The van der Waals surface area contributed by atoms with E-state index < -0.39 is 0 Å². The lowest BCUT2D eigenvalue weighted by Crippen LogP contribution is -2.43. The lowest BCUT2D eigenvalue weighted by molar-refractivity contribution is -0.154. The Morgan fingerprint density at radius 1 is 1.23 bits per heavy atom. The van der Waals surface area contributed by atoms with Crippen molar-refractivity contribution in [2.24, 2.45) is 5.92 Å². The van der Waals surface area contributed by atoms with Gasteiger partial charge in [0.2, 0.25) is 0 Å². The molecule has 0 aromatic heterocycles. The Bertz CT molecular complexity index is 202. The SMILES string of the molecule is CC1(C)O[C@@H]2[C@H]3CN[C@H](C3)[C@@H]2O1.Cl. The van der Waals surface area contributed by atoms with Gasteiger partial charge < -0.3 is 14.8 Å². The monoisotopic (exact) mass is 205 g/mol. The van der Waals surface area contributed by atoms with Crippen LogP contribution in [0.25, 0.3) is 0 Å². The maximum atomic E-state index is 5.84. The van der Waals surface area contributed by atoms with Crippen LogP contribution in [-0.4, -0.2) is 30.6 Å². The molecule has 1 N–H and O–H groups in total. The molecule has 3 aliphatic rings. The van der Waals surface area contributed by atoms with Crippen molar-refractivity contribution in [1.29, 1.82) is 0 Å². The summed E-state index contributed by atoms with van der Waals surface area (Å²) in [4.78, 5) is 0. The second-order valence-electron chi connectivity index (χ2n) is 4.58. The molecule has 0 aromatic rings. The number of nitrogens with one attached hydrogen (secondary N) is 1. The zero-order valence-electron chi connectivity index (χ0n) is 7.95. The van der Waals surface area contributed by atoms with Gasteiger partial charge in [-0.1, -0.05) is 0 Å². The fraction of sp³-hybridized carbons (Fsp3) is 1.00. The Kier molecular flexibility index (Phi) is 2.11. The quantitative estimate of drug-likeness (QED) is 0.638. The molecule has 76 valence electrons. The van der Waals surface area contributed by atoms with E-state index in [4.69, 9.17) is 9.47 Å². The molecule has 2 saturated heterocycles. The predicted molar refractivity (Wildman–Crippen MR) is 51.0 cm³/mol. The Morgan fingerprint density at radius 3 is 2.62 bits per heavy atom. The summed E-state index contributed by atoms with van der Waals surface area (Å²) < 4.78 is 11.7. The lowest BCUT2D eigenvalue weighted by Gasteiger charge is -2.21. The Labute approximate surface area is 84.6 Å². The molecule has 3 rings (SSSR count). The van der Waals surface area contributed by atoms with Crippen LogP contribution in [0, 0.1) is 5.92 Å². The van der Waals surface area contributed by atoms with Crippen LogP contribution in [0.15, 0.2) is 0 Å². The van der Waals surface area contributed by atoms with Crippen LogP contribution in [0.1, 0.15) is 20.3 Å². The molecular weight excluding hydrogens is 190 g/mol. The molecule has 0 spiro atoms. The largest absolute Gasteiger partial charge is 0.344 e. The first-order chi connectivity index (χ1) is 5.66. The summed E-state index contributed by atoms with van der Waals surface area (Å²) in [7, 11) is 0. The number of ether oxygens (including phenoxy) is 2. The molecule has 4 atom stereocenters. The van der Waals surface area contributed by atoms with Gasteiger partial charge in [-0.05, 0) is 20.3 Å². The number of fused-ring (bicyclic) bond motifs is 5. The van der Waals surface area contributed by atoms with Crippen LogP contribution in [0.5, 0.6) is 0 Å². The minimum absolute atomic E-state index is 0. The van der Waals surface area contributed by atoms with Gasteiger partial charge in [0.25, 0.3) is 0 Å². The third kappa shape index (κ3) is 1.30. The molecule has 4 heteroatoms. The van der Waals surface area contributed by atoms with Gasteiger partial charge in [-0.15, -0.1) is 12.4 Å². The van der Waals surface area contributed by atoms with Crippen LogP contribution >= 0.6 is 12.4 Å². The molecule has 3 fully saturated rings. The van der Waals surface area contributed by atoms with E-state index in [1.807, 2.05) is 13.8 Å². The van der Waals surface area contributed by atoms with E-state index in [2.05, 4.69) is 5.32 Å². The van der Waals surface area contributed by atoms with Crippen molar-refractivity contribution in [3.05, 3.63) is 0 Å². The molecule has 0 radical (unpaired) electrons. The van der Waals surface area contributed by atoms with Crippen LogP contribution in [0.3, 0.4) is 0 Å². The van der Waals surface area contributed by atoms with Crippen molar-refractivity contribution in [2.45, 2.75) is 44.3 Å². The minimum atomic E-state index is -0.349. The van der Waals surface area contributed by atoms with Crippen molar-refractivity contribution >= 4 is 12.4 Å². The summed E-state index contributed by atoms with van der Waals surface area (Å²) in [6.07, 6.45) is 1.93. The van der Waals surface area contributed by atoms with Gasteiger partial charge in [0.05, 0.1) is 6.10 Å². The van der Waals surface area contributed by atoms with Crippen molar-refractivity contribution in [1.82, 2.24) is 5.32 Å². The van der Waals surface area contributed by atoms with Crippen LogP contribution in [0.4, 0.5) is 0 Å². The van der Waals surface area contributed by atoms with Gasteiger partial charge in [0, 0.05) is 18.5 Å². The second-order valence-corrected chi connectivity index (χ2v) is 4.58. The highest BCUT2D eigenvalue weighted by molar-refractivity contribution is 5.85. The fourth-order valence-corrected chi connectivity index (χ4v) is 2.79. The van der Waals surface area contributed by atoms with E-state index in [1.165, 1.54) is 6.42 Å². The Morgan fingerprint density at radius 2 is 1.92 bits per heavy atom. The number of rotatable bonds is 0. The first kappa shape index (κ1) is 9.71. The average Bonchev–Trinajstić information content (AvgIpc) is 2.54. The minimum Gasteiger partial charge on any atom is -0.344 e. The summed E-state index contributed by atoms with van der Waals surface area (Å²) in [6.45, 7) is 5.13. The highest BCUT2D eigenvalue weighted by Crippen LogP contribution is 2.44. The van der Waals surface area contributed by atoms with E-state index in [0.29, 0.717) is 24.2 Å². The zero-order chi connectivity index (χ0) is 8.34. The van der Waals surface area contributed by atoms with Crippen LogP contribution in [0.2, 0.25) is 0 Å². The molecule has 0 aromatic carbocycles. The molecule has 0 unspecified atom stereocenters. The summed E-state index contributed by atoms with van der Waals surface area (Å²) in [6, 6.07) is 0.557. The smallest absolute Gasteiger partial charge is 0.163 e. The van der Waals surface area contributed by atoms with Crippen molar-refractivity contribution in [3.63, 3.8) is 0 Å². The van der Waals surface area contributed by atoms with Crippen LogP contribution in [-0.2, 0) is 9.47 Å². The maximum Gasteiger partial charge on any atom is 0.163 e. The van der Waals surface area contributed by atoms with Crippen molar-refractivity contribution in [2.75, 3.05) is 6.54 Å². The van der Waals surface area contributed by atoms with Gasteiger partial charge in [-0.2, -0.15) is 0 Å². The second kappa shape index (κ2) is 2.83. The van der Waals surface area contributed by atoms with Crippen molar-refractivity contribution in [3.8, 4) is 0 Å². The molecule has 1 aliphatic carbocycles. The summed E-state index contributed by atoms with van der Waals surface area (Å²) in [5.74, 6) is 0.347. The highest BCUT2D eigenvalue weighted by Gasteiger charge is 2.56. The summed E-state index contributed by atoms with van der Waals surface area (Å²) in [5.41, 5.74) is 0. The van der Waals surface area contributed by atoms with Gasteiger partial charge in [-0.25, -0.2) is 0 Å².